The van der Waals surface area contributed by atoms with Crippen molar-refractivity contribution >= 4 is 11.9 Å². The summed E-state index contributed by atoms with van der Waals surface area (Å²) < 4.78 is 10.6. The molecule has 2 N–H and O–H groups in total. The highest BCUT2D eigenvalue weighted by Crippen LogP contribution is 2.33. The van der Waals surface area contributed by atoms with Gasteiger partial charge in [0.1, 0.15) is 0 Å². The first-order chi connectivity index (χ1) is 13.1. The number of aliphatic hydroxyl groups is 2. The number of esters is 2. The molecule has 0 aromatic heterocycles. The number of carbonyl (C=O) groups is 2. The van der Waals surface area contributed by atoms with Crippen LogP contribution in [0.25, 0.3) is 0 Å². The van der Waals surface area contributed by atoms with Crippen LogP contribution >= 0.6 is 0 Å². The van der Waals surface area contributed by atoms with Crippen LogP contribution in [0.5, 0.6) is 0 Å². The van der Waals surface area contributed by atoms with E-state index in [1.54, 1.807) is 60.7 Å². The summed E-state index contributed by atoms with van der Waals surface area (Å²) in [6.07, 6.45) is -1.51. The van der Waals surface area contributed by atoms with Gasteiger partial charge in [-0.2, -0.15) is 0 Å². The van der Waals surface area contributed by atoms with Crippen molar-refractivity contribution < 1.29 is 29.3 Å². The zero-order chi connectivity index (χ0) is 19.2. The smallest absolute Gasteiger partial charge is 0.338 e. The fourth-order valence-corrected chi connectivity index (χ4v) is 3.30. The summed E-state index contributed by atoms with van der Waals surface area (Å²) in [5.74, 6) is -2.00. The monoisotopic (exact) mass is 370 g/mol. The first kappa shape index (κ1) is 19.1. The molecule has 2 aromatic carbocycles. The minimum absolute atomic E-state index is 0.0560. The van der Waals surface area contributed by atoms with Gasteiger partial charge < -0.3 is 19.7 Å². The molecule has 0 saturated heterocycles. The van der Waals surface area contributed by atoms with Crippen molar-refractivity contribution in [3.63, 3.8) is 0 Å². The summed E-state index contributed by atoms with van der Waals surface area (Å²) in [6.45, 7) is -0.112. The van der Waals surface area contributed by atoms with Gasteiger partial charge in [0.2, 0.25) is 0 Å². The van der Waals surface area contributed by atoms with E-state index < -0.39 is 36.0 Å². The van der Waals surface area contributed by atoms with Crippen LogP contribution in [0, 0.1) is 11.8 Å². The van der Waals surface area contributed by atoms with E-state index in [2.05, 4.69) is 0 Å². The summed E-state index contributed by atoms with van der Waals surface area (Å²) in [6, 6.07) is 17.1. The second-order valence-electron chi connectivity index (χ2n) is 6.63. The van der Waals surface area contributed by atoms with Gasteiger partial charge in [-0.05, 0) is 24.3 Å². The van der Waals surface area contributed by atoms with Crippen LogP contribution in [0.2, 0.25) is 0 Å². The van der Waals surface area contributed by atoms with Crippen LogP contribution in [0.4, 0.5) is 0 Å². The van der Waals surface area contributed by atoms with Crippen LogP contribution in [0.3, 0.4) is 0 Å². The van der Waals surface area contributed by atoms with Crippen molar-refractivity contribution in [1.82, 2.24) is 0 Å². The third kappa shape index (κ3) is 4.72. The number of hydrogen-bond donors (Lipinski definition) is 2. The topological polar surface area (TPSA) is 93.1 Å². The van der Waals surface area contributed by atoms with Crippen molar-refractivity contribution in [2.45, 2.75) is 18.6 Å². The van der Waals surface area contributed by atoms with E-state index in [4.69, 9.17) is 9.47 Å². The molecule has 1 aliphatic rings. The van der Waals surface area contributed by atoms with Gasteiger partial charge in [0, 0.05) is 18.3 Å². The van der Waals surface area contributed by atoms with E-state index in [0.717, 1.165) is 0 Å². The molecule has 3 rings (SSSR count). The molecule has 1 fully saturated rings. The molecule has 27 heavy (non-hydrogen) atoms. The van der Waals surface area contributed by atoms with Gasteiger partial charge in [0.05, 0.1) is 36.5 Å². The second-order valence-corrected chi connectivity index (χ2v) is 6.63. The van der Waals surface area contributed by atoms with Crippen molar-refractivity contribution in [2.24, 2.45) is 11.8 Å². The Balaban J connectivity index is 1.58. The van der Waals surface area contributed by atoms with E-state index in [9.17, 15) is 19.8 Å². The van der Waals surface area contributed by atoms with Gasteiger partial charge in [-0.3, -0.25) is 0 Å². The number of ether oxygens (including phenoxy) is 2. The molecule has 0 aliphatic heterocycles. The zero-order valence-corrected chi connectivity index (χ0v) is 14.7. The van der Waals surface area contributed by atoms with Gasteiger partial charge in [-0.1, -0.05) is 36.4 Å². The maximum Gasteiger partial charge on any atom is 0.338 e. The Kier molecular flexibility index (Phi) is 6.21. The third-order valence-corrected chi connectivity index (χ3v) is 4.85. The molecule has 1 saturated carbocycles. The molecule has 2 aromatic rings. The van der Waals surface area contributed by atoms with Crippen LogP contribution < -0.4 is 0 Å². The lowest BCUT2D eigenvalue weighted by Crippen LogP contribution is -2.32. The molecular weight excluding hydrogens is 348 g/mol. The minimum atomic E-state index is -0.830. The summed E-state index contributed by atoms with van der Waals surface area (Å²) in [4.78, 5) is 24.2. The molecule has 0 radical (unpaired) electrons. The number of carbonyl (C=O) groups excluding carboxylic acids is 2. The molecule has 0 heterocycles. The fraction of sp³-hybridized carbons (Fsp3) is 0.333. The van der Waals surface area contributed by atoms with Gasteiger partial charge in [-0.15, -0.1) is 0 Å². The maximum atomic E-state index is 12.1. The van der Waals surface area contributed by atoms with E-state index in [1.165, 1.54) is 0 Å². The largest absolute Gasteiger partial charge is 0.462 e. The van der Waals surface area contributed by atoms with Crippen LogP contribution in [0.1, 0.15) is 27.1 Å². The molecular formula is C21H22O6. The van der Waals surface area contributed by atoms with Crippen molar-refractivity contribution in [3.8, 4) is 0 Å². The number of hydrogen-bond acceptors (Lipinski definition) is 6. The van der Waals surface area contributed by atoms with Crippen LogP contribution in [-0.4, -0.2) is 47.6 Å². The molecule has 6 heteroatoms. The zero-order valence-electron chi connectivity index (χ0n) is 14.7. The van der Waals surface area contributed by atoms with Crippen molar-refractivity contribution in [1.29, 1.82) is 0 Å². The summed E-state index contributed by atoms with van der Waals surface area (Å²) in [5.41, 5.74) is 0.829. The maximum absolute atomic E-state index is 12.1. The van der Waals surface area contributed by atoms with E-state index in [1.807, 2.05) is 0 Å². The quantitative estimate of drug-likeness (QED) is 0.756. The molecule has 0 amide bonds. The molecule has 0 bridgehead atoms. The Bertz CT molecular complexity index is 695. The predicted octanol–water partition coefficient (Wildman–Crippen LogP) is 2.06. The first-order valence-electron chi connectivity index (χ1n) is 8.86. The Morgan fingerprint density at radius 2 is 1.11 bits per heavy atom. The normalized spacial score (nSPS) is 24.4. The first-order valence-corrected chi connectivity index (χ1v) is 8.86. The van der Waals surface area contributed by atoms with Gasteiger partial charge in [0.15, 0.2) is 0 Å². The standard InChI is InChI=1S/C21H22O6/c22-18-11-19(23)17(13-27-21(25)15-9-5-2-6-10-15)16(18)12-26-20(24)14-7-3-1-4-8-14/h1-10,16-19,22-23H,11-13H2/t16-,17-,18+,19+/m1/s1. The second kappa shape index (κ2) is 8.79. The fourth-order valence-electron chi connectivity index (χ4n) is 3.30. The highest BCUT2D eigenvalue weighted by atomic mass is 16.5. The SMILES string of the molecule is O=C(OC[C@@H]1[C@@H](COC(=O)c2ccccc2)[C@@H](O)C[C@@H]1O)c1ccccc1. The summed E-state index contributed by atoms with van der Waals surface area (Å²) in [7, 11) is 0. The Hall–Kier alpha value is -2.70. The van der Waals surface area contributed by atoms with Gasteiger partial charge >= 0.3 is 11.9 Å². The lowest BCUT2D eigenvalue weighted by Gasteiger charge is -2.23. The molecule has 0 unspecified atom stereocenters. The Labute approximate surface area is 157 Å². The summed E-state index contributed by atoms with van der Waals surface area (Å²) in [5, 5.41) is 20.4. The van der Waals surface area contributed by atoms with Gasteiger partial charge in [-0.25, -0.2) is 9.59 Å². The van der Waals surface area contributed by atoms with E-state index in [0.29, 0.717) is 11.1 Å². The average molecular weight is 370 g/mol. The molecule has 1 aliphatic carbocycles. The third-order valence-electron chi connectivity index (χ3n) is 4.85. The minimum Gasteiger partial charge on any atom is -0.462 e. The van der Waals surface area contributed by atoms with E-state index >= 15 is 0 Å². The van der Waals surface area contributed by atoms with Crippen molar-refractivity contribution in [3.05, 3.63) is 71.8 Å². The van der Waals surface area contributed by atoms with Crippen molar-refractivity contribution in [2.75, 3.05) is 13.2 Å². The molecule has 142 valence electrons. The van der Waals surface area contributed by atoms with E-state index in [-0.39, 0.29) is 19.6 Å². The molecule has 4 atom stereocenters. The number of rotatable bonds is 6. The van der Waals surface area contributed by atoms with Crippen LogP contribution in [0.15, 0.2) is 60.7 Å². The highest BCUT2D eigenvalue weighted by molar-refractivity contribution is 5.89. The predicted molar refractivity (Wildman–Crippen MR) is 97.1 cm³/mol. The average Bonchev–Trinajstić information content (AvgIpc) is 2.97. The lowest BCUT2D eigenvalue weighted by molar-refractivity contribution is -0.00196. The Morgan fingerprint density at radius 3 is 1.48 bits per heavy atom. The van der Waals surface area contributed by atoms with Gasteiger partial charge in [0.25, 0.3) is 0 Å². The molecule has 0 spiro atoms. The van der Waals surface area contributed by atoms with Crippen LogP contribution in [-0.2, 0) is 9.47 Å². The molecule has 6 nitrogen and oxygen atoms in total. The summed E-state index contributed by atoms with van der Waals surface area (Å²) >= 11 is 0. The number of aliphatic hydroxyl groups excluding tert-OH is 2. The number of benzene rings is 2. The Morgan fingerprint density at radius 1 is 0.741 bits per heavy atom. The lowest BCUT2D eigenvalue weighted by atomic mass is 9.95. The highest BCUT2D eigenvalue weighted by Gasteiger charge is 2.43.